The van der Waals surface area contributed by atoms with E-state index in [0.29, 0.717) is 24.9 Å². The molecular weight excluding hydrogens is 430 g/mol. The van der Waals surface area contributed by atoms with Crippen molar-refractivity contribution in [3.63, 3.8) is 0 Å². The van der Waals surface area contributed by atoms with E-state index in [0.717, 1.165) is 51.9 Å². The standard InChI is InChI=1S/C21H41N7O3S/c1-26-13-21(14-26,31-3)16-7-8-22-19(9-16)28-12-17(11-24-28)32(29,30)25-18-6-4-5-15-10-23-27(2)20(15)18/h15-20,22-25H,4-14H2,1-3H3. The van der Waals surface area contributed by atoms with E-state index in [-0.39, 0.29) is 23.9 Å². The Morgan fingerprint density at radius 2 is 1.91 bits per heavy atom. The highest BCUT2D eigenvalue weighted by Gasteiger charge is 2.50. The van der Waals surface area contributed by atoms with E-state index in [4.69, 9.17) is 4.74 Å². The van der Waals surface area contributed by atoms with Crippen molar-refractivity contribution in [3.05, 3.63) is 0 Å². The smallest absolute Gasteiger partial charge is 0.217 e. The maximum absolute atomic E-state index is 13.3. The van der Waals surface area contributed by atoms with E-state index in [1.165, 1.54) is 6.42 Å². The highest BCUT2D eigenvalue weighted by atomic mass is 32.2. The Morgan fingerprint density at radius 1 is 1.09 bits per heavy atom. The van der Waals surface area contributed by atoms with Crippen LogP contribution in [0.1, 0.15) is 32.1 Å². The summed E-state index contributed by atoms with van der Waals surface area (Å²) < 4.78 is 35.7. The third-order valence-corrected chi connectivity index (χ3v) is 10.5. The minimum Gasteiger partial charge on any atom is -0.375 e. The molecular formula is C21H41N7O3S. The van der Waals surface area contributed by atoms with Crippen molar-refractivity contribution in [1.29, 1.82) is 0 Å². The fourth-order valence-electron chi connectivity index (χ4n) is 6.93. The second kappa shape index (κ2) is 9.01. The van der Waals surface area contributed by atoms with Crippen LogP contribution < -0.4 is 20.9 Å². The molecule has 4 N–H and O–H groups in total. The summed E-state index contributed by atoms with van der Waals surface area (Å²) in [5, 5.41) is 7.40. The van der Waals surface area contributed by atoms with Gasteiger partial charge in [0.05, 0.1) is 11.8 Å². The Balaban J connectivity index is 1.19. The fraction of sp³-hybridized carbons (Fsp3) is 1.00. The number of hydrazine groups is 2. The van der Waals surface area contributed by atoms with Crippen LogP contribution in [0.4, 0.5) is 0 Å². The molecule has 6 atom stereocenters. The van der Waals surface area contributed by atoms with Crippen LogP contribution in [-0.4, -0.2) is 113 Å². The maximum Gasteiger partial charge on any atom is 0.217 e. The summed E-state index contributed by atoms with van der Waals surface area (Å²) in [7, 11) is 2.59. The lowest BCUT2D eigenvalue weighted by Crippen LogP contribution is -2.68. The summed E-state index contributed by atoms with van der Waals surface area (Å²) in [6.07, 6.45) is 5.37. The normalized spacial score (nSPS) is 41.5. The molecule has 1 aliphatic carbocycles. The van der Waals surface area contributed by atoms with Crippen LogP contribution in [0.2, 0.25) is 0 Å². The van der Waals surface area contributed by atoms with Crippen LogP contribution >= 0.6 is 0 Å². The number of rotatable bonds is 6. The third-order valence-electron chi connectivity index (χ3n) is 8.69. The van der Waals surface area contributed by atoms with Crippen molar-refractivity contribution in [2.75, 3.05) is 60.5 Å². The molecule has 0 aromatic rings. The van der Waals surface area contributed by atoms with Crippen molar-refractivity contribution >= 4 is 10.0 Å². The Hall–Kier alpha value is -0.370. The molecule has 0 aromatic heterocycles. The average molecular weight is 472 g/mol. The number of methoxy groups -OCH3 is 1. The SMILES string of the molecule is COC1(C2CCNC(N3CC(S(=O)(=O)NC4CCCC5CNN(C)C54)CN3)C2)CN(C)C1. The number of nitrogens with one attached hydrogen (secondary N) is 4. The van der Waals surface area contributed by atoms with Crippen LogP contribution in [0.3, 0.4) is 0 Å². The van der Waals surface area contributed by atoms with Crippen LogP contribution in [-0.2, 0) is 14.8 Å². The molecule has 11 heteroatoms. The molecule has 32 heavy (non-hydrogen) atoms. The van der Waals surface area contributed by atoms with Gasteiger partial charge in [-0.05, 0) is 51.1 Å². The number of hydrogen-bond donors (Lipinski definition) is 4. The first kappa shape index (κ1) is 23.4. The predicted octanol–water partition coefficient (Wildman–Crippen LogP) is -1.26. The fourth-order valence-corrected chi connectivity index (χ4v) is 8.45. The van der Waals surface area contributed by atoms with Gasteiger partial charge in [0.1, 0.15) is 5.25 Å². The molecule has 0 bridgehead atoms. The second-order valence-corrected chi connectivity index (χ2v) is 12.7. The Bertz CT molecular complexity index is 775. The number of likely N-dealkylation sites (tertiary alicyclic amines) is 1. The molecule has 6 unspecified atom stereocenters. The zero-order valence-corrected chi connectivity index (χ0v) is 20.5. The zero-order chi connectivity index (χ0) is 22.5. The lowest BCUT2D eigenvalue weighted by Gasteiger charge is -2.54. The number of ether oxygens (including phenoxy) is 1. The number of piperidine rings is 1. The van der Waals surface area contributed by atoms with Crippen molar-refractivity contribution in [1.82, 2.24) is 35.8 Å². The summed E-state index contributed by atoms with van der Waals surface area (Å²) in [5.41, 5.74) is 6.72. The molecule has 0 spiro atoms. The number of hydrogen-bond acceptors (Lipinski definition) is 9. The van der Waals surface area contributed by atoms with Gasteiger partial charge in [-0.3, -0.25) is 10.9 Å². The highest BCUT2D eigenvalue weighted by Crippen LogP contribution is 2.38. The van der Waals surface area contributed by atoms with Gasteiger partial charge in [0.2, 0.25) is 10.0 Å². The van der Waals surface area contributed by atoms with Crippen LogP contribution in [0.15, 0.2) is 0 Å². The Labute approximate surface area is 192 Å². The van der Waals surface area contributed by atoms with Crippen molar-refractivity contribution in [3.8, 4) is 0 Å². The predicted molar refractivity (Wildman–Crippen MR) is 123 cm³/mol. The zero-order valence-electron chi connectivity index (χ0n) is 19.7. The highest BCUT2D eigenvalue weighted by molar-refractivity contribution is 7.90. The summed E-state index contributed by atoms with van der Waals surface area (Å²) >= 11 is 0. The van der Waals surface area contributed by atoms with E-state index in [1.807, 2.05) is 14.2 Å². The first-order chi connectivity index (χ1) is 15.3. The van der Waals surface area contributed by atoms with Gasteiger partial charge >= 0.3 is 0 Å². The molecule has 5 rings (SSSR count). The molecule has 0 amide bonds. The molecule has 1 saturated carbocycles. The van der Waals surface area contributed by atoms with Gasteiger partial charge in [-0.15, -0.1) is 0 Å². The molecule has 5 fully saturated rings. The minimum absolute atomic E-state index is 0.0119. The topological polar surface area (TPSA) is 101 Å². The number of nitrogens with zero attached hydrogens (tertiary/aromatic N) is 3. The van der Waals surface area contributed by atoms with E-state index >= 15 is 0 Å². The van der Waals surface area contributed by atoms with Gasteiger partial charge in [-0.1, -0.05) is 6.42 Å². The van der Waals surface area contributed by atoms with Gasteiger partial charge in [0, 0.05) is 59.0 Å². The average Bonchev–Trinajstić information content (AvgIpc) is 3.40. The van der Waals surface area contributed by atoms with E-state index < -0.39 is 15.3 Å². The van der Waals surface area contributed by atoms with Gasteiger partial charge in [0.25, 0.3) is 0 Å². The number of sulfonamides is 1. The molecule has 184 valence electrons. The first-order valence-corrected chi connectivity index (χ1v) is 13.8. The molecule has 0 aromatic carbocycles. The van der Waals surface area contributed by atoms with Gasteiger partial charge in [-0.25, -0.2) is 23.2 Å². The van der Waals surface area contributed by atoms with Crippen molar-refractivity contribution < 1.29 is 13.2 Å². The molecule has 0 radical (unpaired) electrons. The minimum atomic E-state index is -3.41. The monoisotopic (exact) mass is 471 g/mol. The quantitative estimate of drug-likeness (QED) is 0.378. The van der Waals surface area contributed by atoms with Gasteiger partial charge < -0.3 is 15.0 Å². The molecule has 4 aliphatic heterocycles. The van der Waals surface area contributed by atoms with Crippen molar-refractivity contribution in [2.24, 2.45) is 11.8 Å². The lowest BCUT2D eigenvalue weighted by atomic mass is 9.75. The Kier molecular flexibility index (Phi) is 6.58. The molecule has 4 heterocycles. The number of fused-ring (bicyclic) bond motifs is 1. The summed E-state index contributed by atoms with van der Waals surface area (Å²) in [6.45, 7) is 4.80. The van der Waals surface area contributed by atoms with Crippen molar-refractivity contribution in [2.45, 2.75) is 61.2 Å². The van der Waals surface area contributed by atoms with Crippen LogP contribution in [0, 0.1) is 11.8 Å². The van der Waals surface area contributed by atoms with Gasteiger partial charge in [-0.2, -0.15) is 0 Å². The maximum atomic E-state index is 13.3. The molecule has 10 nitrogen and oxygen atoms in total. The Morgan fingerprint density at radius 3 is 2.66 bits per heavy atom. The first-order valence-electron chi connectivity index (χ1n) is 12.3. The van der Waals surface area contributed by atoms with Crippen LogP contribution in [0.5, 0.6) is 0 Å². The number of likely N-dealkylation sites (N-methyl/N-ethyl adjacent to an activating group) is 2. The van der Waals surface area contributed by atoms with E-state index in [9.17, 15) is 8.42 Å². The van der Waals surface area contributed by atoms with E-state index in [1.54, 1.807) is 0 Å². The summed E-state index contributed by atoms with van der Waals surface area (Å²) in [6, 6.07) is 0.234. The van der Waals surface area contributed by atoms with E-state index in [2.05, 4.69) is 42.9 Å². The lowest BCUT2D eigenvalue weighted by molar-refractivity contribution is -0.163. The third kappa shape index (κ3) is 4.25. The molecule has 5 aliphatic rings. The molecule has 4 saturated heterocycles. The van der Waals surface area contributed by atoms with Crippen LogP contribution in [0.25, 0.3) is 0 Å². The van der Waals surface area contributed by atoms with Gasteiger partial charge in [0.15, 0.2) is 0 Å². The largest absolute Gasteiger partial charge is 0.375 e. The summed E-state index contributed by atoms with van der Waals surface area (Å²) in [4.78, 5) is 2.30. The summed E-state index contributed by atoms with van der Waals surface area (Å²) in [5.74, 6) is 1.01. The second-order valence-electron chi connectivity index (χ2n) is 10.7.